The van der Waals surface area contributed by atoms with Crippen molar-refractivity contribution < 1.29 is 15.1 Å². The highest BCUT2D eigenvalue weighted by Crippen LogP contribution is 2.47. The van der Waals surface area contributed by atoms with E-state index in [9.17, 15) is 20.3 Å². The second-order valence-corrected chi connectivity index (χ2v) is 5.87. The van der Waals surface area contributed by atoms with Crippen molar-refractivity contribution in [3.05, 3.63) is 76.8 Å². The third-order valence-electron chi connectivity index (χ3n) is 4.35. The standard InChI is InChI=1S/C20H14N2O4/c23-16-11-10-14(19(20(16)24)22(25)26)17-13-8-4-5-9-15(13)21-18(17)12-6-2-1-3-7-12/h1-11,21,23-24H. The average Bonchev–Trinajstić information content (AvgIpc) is 3.03. The predicted molar refractivity (Wildman–Crippen MR) is 99.2 cm³/mol. The van der Waals surface area contributed by atoms with Crippen molar-refractivity contribution in [2.75, 3.05) is 0 Å². The molecule has 128 valence electrons. The minimum absolute atomic E-state index is 0.238. The molecular formula is C20H14N2O4. The lowest BCUT2D eigenvalue weighted by Crippen LogP contribution is -1.94. The quantitative estimate of drug-likeness (QED) is 0.281. The summed E-state index contributed by atoms with van der Waals surface area (Å²) in [5, 5.41) is 32.2. The Labute approximate surface area is 148 Å². The molecule has 0 aliphatic heterocycles. The monoisotopic (exact) mass is 346 g/mol. The summed E-state index contributed by atoms with van der Waals surface area (Å²) in [5.74, 6) is -1.27. The molecule has 26 heavy (non-hydrogen) atoms. The highest BCUT2D eigenvalue weighted by molar-refractivity contribution is 6.06. The number of nitrogens with zero attached hydrogens (tertiary/aromatic N) is 1. The van der Waals surface area contributed by atoms with Gasteiger partial charge in [0.25, 0.3) is 0 Å². The van der Waals surface area contributed by atoms with Crippen LogP contribution in [0.25, 0.3) is 33.3 Å². The van der Waals surface area contributed by atoms with Crippen molar-refractivity contribution in [3.63, 3.8) is 0 Å². The SMILES string of the molecule is O=[N+]([O-])c1c(-c2c(-c3ccccc3)[nH]c3ccccc23)ccc(O)c1O. The molecule has 0 bridgehead atoms. The van der Waals surface area contributed by atoms with Crippen LogP contribution in [-0.4, -0.2) is 20.1 Å². The van der Waals surface area contributed by atoms with Gasteiger partial charge in [-0.05, 0) is 23.8 Å². The van der Waals surface area contributed by atoms with E-state index in [1.165, 1.54) is 12.1 Å². The van der Waals surface area contributed by atoms with E-state index >= 15 is 0 Å². The number of H-pyrrole nitrogens is 1. The van der Waals surface area contributed by atoms with Gasteiger partial charge in [0.05, 0.1) is 16.2 Å². The second kappa shape index (κ2) is 5.93. The van der Waals surface area contributed by atoms with Crippen LogP contribution in [0.3, 0.4) is 0 Å². The molecule has 0 aliphatic rings. The van der Waals surface area contributed by atoms with Crippen LogP contribution < -0.4 is 0 Å². The molecule has 0 unspecified atom stereocenters. The first-order chi connectivity index (χ1) is 12.6. The summed E-state index contributed by atoms with van der Waals surface area (Å²) in [6.45, 7) is 0. The number of rotatable bonds is 3. The highest BCUT2D eigenvalue weighted by Gasteiger charge is 2.28. The largest absolute Gasteiger partial charge is 0.504 e. The molecule has 6 heteroatoms. The maximum Gasteiger partial charge on any atom is 0.322 e. The summed E-state index contributed by atoms with van der Waals surface area (Å²) >= 11 is 0. The minimum atomic E-state index is -0.739. The molecule has 0 radical (unpaired) electrons. The zero-order valence-corrected chi connectivity index (χ0v) is 13.5. The van der Waals surface area contributed by atoms with Gasteiger partial charge >= 0.3 is 5.69 Å². The van der Waals surface area contributed by atoms with Gasteiger partial charge in [0.15, 0.2) is 5.75 Å². The maximum atomic E-state index is 11.6. The number of hydrogen-bond acceptors (Lipinski definition) is 4. The van der Waals surface area contributed by atoms with Crippen LogP contribution in [0.2, 0.25) is 0 Å². The van der Waals surface area contributed by atoms with Gasteiger partial charge in [-0.3, -0.25) is 10.1 Å². The van der Waals surface area contributed by atoms with Crippen molar-refractivity contribution in [2.24, 2.45) is 0 Å². The minimum Gasteiger partial charge on any atom is -0.504 e. The number of nitrogens with one attached hydrogen (secondary N) is 1. The number of hydrogen-bond donors (Lipinski definition) is 3. The summed E-state index contributed by atoms with van der Waals surface area (Å²) in [4.78, 5) is 14.2. The summed E-state index contributed by atoms with van der Waals surface area (Å²) in [7, 11) is 0. The van der Waals surface area contributed by atoms with Crippen molar-refractivity contribution in [3.8, 4) is 33.9 Å². The molecule has 4 aromatic rings. The number of phenols is 2. The molecule has 0 saturated carbocycles. The molecule has 6 nitrogen and oxygen atoms in total. The molecule has 0 spiro atoms. The van der Waals surface area contributed by atoms with Crippen molar-refractivity contribution >= 4 is 16.6 Å². The molecule has 0 atom stereocenters. The Morgan fingerprint density at radius 2 is 1.58 bits per heavy atom. The van der Waals surface area contributed by atoms with Gasteiger partial charge < -0.3 is 15.2 Å². The van der Waals surface area contributed by atoms with Crippen LogP contribution >= 0.6 is 0 Å². The molecule has 1 aromatic heterocycles. The van der Waals surface area contributed by atoms with Crippen LogP contribution in [0.1, 0.15) is 0 Å². The summed E-state index contributed by atoms with van der Waals surface area (Å²) < 4.78 is 0. The van der Waals surface area contributed by atoms with Gasteiger partial charge in [-0.2, -0.15) is 0 Å². The molecule has 0 aliphatic carbocycles. The number of aromatic amines is 1. The lowest BCUT2D eigenvalue weighted by atomic mass is 9.96. The number of nitro benzene ring substituents is 1. The first-order valence-electron chi connectivity index (χ1n) is 7.93. The van der Waals surface area contributed by atoms with Gasteiger partial charge in [0.1, 0.15) is 0 Å². The molecule has 3 aromatic carbocycles. The number of phenolic OH excluding ortho intramolecular Hbond substituents is 2. The fourth-order valence-corrected chi connectivity index (χ4v) is 3.20. The number of benzene rings is 3. The van der Waals surface area contributed by atoms with E-state index in [0.29, 0.717) is 11.3 Å². The molecule has 0 fully saturated rings. The second-order valence-electron chi connectivity index (χ2n) is 5.87. The maximum absolute atomic E-state index is 11.6. The van der Waals surface area contributed by atoms with Gasteiger partial charge in [-0.1, -0.05) is 48.5 Å². The number of para-hydroxylation sites is 1. The zero-order chi connectivity index (χ0) is 18.3. The summed E-state index contributed by atoms with van der Waals surface area (Å²) in [6, 6.07) is 19.6. The van der Waals surface area contributed by atoms with E-state index in [1.54, 1.807) is 0 Å². The molecule has 0 amide bonds. The number of fused-ring (bicyclic) bond motifs is 1. The zero-order valence-electron chi connectivity index (χ0n) is 13.5. The fraction of sp³-hybridized carbons (Fsp3) is 0. The first-order valence-corrected chi connectivity index (χ1v) is 7.93. The Morgan fingerprint density at radius 1 is 0.885 bits per heavy atom. The Balaban J connectivity index is 2.13. The normalized spacial score (nSPS) is 10.9. The Bertz CT molecular complexity index is 1130. The number of aromatic hydroxyl groups is 2. The van der Waals surface area contributed by atoms with Crippen LogP contribution in [0.4, 0.5) is 5.69 Å². The van der Waals surface area contributed by atoms with E-state index in [0.717, 1.165) is 16.5 Å². The van der Waals surface area contributed by atoms with Crippen LogP contribution in [-0.2, 0) is 0 Å². The third kappa shape index (κ3) is 2.36. The number of nitro groups is 1. The molecule has 4 rings (SSSR count). The van der Waals surface area contributed by atoms with Crippen LogP contribution in [0, 0.1) is 10.1 Å². The molecule has 3 N–H and O–H groups in total. The third-order valence-corrected chi connectivity index (χ3v) is 4.35. The Kier molecular flexibility index (Phi) is 3.58. The molecular weight excluding hydrogens is 332 g/mol. The molecule has 1 heterocycles. The van der Waals surface area contributed by atoms with Gasteiger partial charge in [0, 0.05) is 16.5 Å². The van der Waals surface area contributed by atoms with Crippen molar-refractivity contribution in [1.29, 1.82) is 0 Å². The van der Waals surface area contributed by atoms with Crippen LogP contribution in [0.15, 0.2) is 66.7 Å². The average molecular weight is 346 g/mol. The number of aromatic nitrogens is 1. The lowest BCUT2D eigenvalue weighted by molar-refractivity contribution is -0.385. The van der Waals surface area contributed by atoms with Crippen molar-refractivity contribution in [1.82, 2.24) is 4.98 Å². The lowest BCUT2D eigenvalue weighted by Gasteiger charge is -2.08. The van der Waals surface area contributed by atoms with Gasteiger partial charge in [0.2, 0.25) is 5.75 Å². The Hall–Kier alpha value is -3.80. The molecule has 0 saturated heterocycles. The summed E-state index contributed by atoms with van der Waals surface area (Å²) in [5.41, 5.74) is 2.71. The van der Waals surface area contributed by atoms with Crippen LogP contribution in [0.5, 0.6) is 11.5 Å². The topological polar surface area (TPSA) is 99.4 Å². The predicted octanol–water partition coefficient (Wildman–Crippen LogP) is 4.82. The Morgan fingerprint density at radius 3 is 2.31 bits per heavy atom. The van der Waals surface area contributed by atoms with E-state index in [-0.39, 0.29) is 5.56 Å². The van der Waals surface area contributed by atoms with E-state index in [4.69, 9.17) is 0 Å². The fourth-order valence-electron chi connectivity index (χ4n) is 3.20. The highest BCUT2D eigenvalue weighted by atomic mass is 16.6. The van der Waals surface area contributed by atoms with Gasteiger partial charge in [-0.15, -0.1) is 0 Å². The van der Waals surface area contributed by atoms with E-state index < -0.39 is 22.1 Å². The van der Waals surface area contributed by atoms with Crippen molar-refractivity contribution in [2.45, 2.75) is 0 Å². The first kappa shape index (κ1) is 15.7. The van der Waals surface area contributed by atoms with E-state index in [1.807, 2.05) is 54.6 Å². The van der Waals surface area contributed by atoms with Gasteiger partial charge in [-0.25, -0.2) is 0 Å². The smallest absolute Gasteiger partial charge is 0.322 e. The van der Waals surface area contributed by atoms with E-state index in [2.05, 4.69) is 4.98 Å². The summed E-state index contributed by atoms with van der Waals surface area (Å²) in [6.07, 6.45) is 0.